The number of ether oxygens (including phenoxy) is 1. The monoisotopic (exact) mass is 385 g/mol. The van der Waals surface area contributed by atoms with Crippen LogP contribution in [0.5, 0.6) is 0 Å². The first-order valence-corrected chi connectivity index (χ1v) is 10.5. The lowest BCUT2D eigenvalue weighted by Gasteiger charge is -2.32. The van der Waals surface area contributed by atoms with Gasteiger partial charge in [0, 0.05) is 24.2 Å². The van der Waals surface area contributed by atoms with Crippen molar-refractivity contribution in [2.75, 3.05) is 24.2 Å². The summed E-state index contributed by atoms with van der Waals surface area (Å²) in [5.74, 6) is 1.04. The summed E-state index contributed by atoms with van der Waals surface area (Å²) in [6.07, 6.45) is 4.85. The number of benzene rings is 1. The van der Waals surface area contributed by atoms with E-state index in [1.165, 1.54) is 0 Å². The molecule has 1 saturated heterocycles. The molecule has 0 bridgehead atoms. The number of piperidine rings is 1. The number of rotatable bonds is 7. The third-order valence-corrected chi connectivity index (χ3v) is 5.73. The Morgan fingerprint density at radius 3 is 2.96 bits per heavy atom. The molecule has 1 aromatic heterocycles. The number of anilines is 1. The number of carbonyl (C=O) groups excluding carboxylic acids is 1. The Hall–Kier alpha value is -2.05. The average Bonchev–Trinajstić information content (AvgIpc) is 2.72. The zero-order valence-electron chi connectivity index (χ0n) is 15.8. The number of amides is 2. The highest BCUT2D eigenvalue weighted by Crippen LogP contribution is 2.28. The molecule has 0 aliphatic carbocycles. The van der Waals surface area contributed by atoms with Gasteiger partial charge in [-0.15, -0.1) is 11.8 Å². The summed E-state index contributed by atoms with van der Waals surface area (Å²) in [7, 11) is 0. The van der Waals surface area contributed by atoms with Crippen molar-refractivity contribution in [2.45, 2.75) is 43.8 Å². The van der Waals surface area contributed by atoms with E-state index in [-0.39, 0.29) is 12.1 Å². The van der Waals surface area contributed by atoms with Gasteiger partial charge in [0.25, 0.3) is 0 Å². The molecular formula is C21H27N3O2S. The van der Waals surface area contributed by atoms with Crippen LogP contribution in [0, 0.1) is 0 Å². The van der Waals surface area contributed by atoms with Crippen LogP contribution in [0.25, 0.3) is 0 Å². The summed E-state index contributed by atoms with van der Waals surface area (Å²) < 4.78 is 5.99. The summed E-state index contributed by atoms with van der Waals surface area (Å²) in [6, 6.07) is 13.8. The predicted molar refractivity (Wildman–Crippen MR) is 110 cm³/mol. The van der Waals surface area contributed by atoms with Crippen molar-refractivity contribution in [3.63, 3.8) is 0 Å². The van der Waals surface area contributed by atoms with E-state index < -0.39 is 0 Å². The predicted octanol–water partition coefficient (Wildman–Crippen LogP) is 4.80. The van der Waals surface area contributed by atoms with Gasteiger partial charge in [0.1, 0.15) is 0 Å². The topological polar surface area (TPSA) is 54.5 Å². The van der Waals surface area contributed by atoms with Crippen LogP contribution in [0.2, 0.25) is 0 Å². The minimum atomic E-state index is -0.0503. The molecule has 1 aliphatic rings. The number of hydrogen-bond donors (Lipinski definition) is 1. The number of pyridine rings is 1. The van der Waals surface area contributed by atoms with Gasteiger partial charge in [-0.05, 0) is 49.3 Å². The van der Waals surface area contributed by atoms with Crippen LogP contribution in [-0.2, 0) is 11.3 Å². The first-order chi connectivity index (χ1) is 13.3. The van der Waals surface area contributed by atoms with Crippen molar-refractivity contribution in [3.8, 4) is 0 Å². The zero-order chi connectivity index (χ0) is 18.9. The van der Waals surface area contributed by atoms with E-state index in [4.69, 9.17) is 4.74 Å². The van der Waals surface area contributed by atoms with Gasteiger partial charge >= 0.3 is 6.03 Å². The number of aromatic nitrogens is 1. The lowest BCUT2D eigenvalue weighted by molar-refractivity contribution is -0.000330. The smallest absolute Gasteiger partial charge is 0.321 e. The van der Waals surface area contributed by atoms with Crippen LogP contribution in [0.1, 0.15) is 31.9 Å². The Morgan fingerprint density at radius 1 is 1.30 bits per heavy atom. The third-order valence-electron chi connectivity index (χ3n) is 4.45. The molecule has 0 unspecified atom stereocenters. The second kappa shape index (κ2) is 10.3. The van der Waals surface area contributed by atoms with Crippen molar-refractivity contribution in [1.82, 2.24) is 9.88 Å². The number of para-hydroxylation sites is 1. The number of likely N-dealkylation sites (tertiary alicyclic amines) is 1. The maximum Gasteiger partial charge on any atom is 0.321 e. The van der Waals surface area contributed by atoms with Gasteiger partial charge in [-0.1, -0.05) is 25.1 Å². The van der Waals surface area contributed by atoms with Crippen molar-refractivity contribution in [1.29, 1.82) is 0 Å². The van der Waals surface area contributed by atoms with Crippen LogP contribution in [0.3, 0.4) is 0 Å². The Balaban J connectivity index is 1.54. The number of carbonyl (C=O) groups is 1. The Morgan fingerprint density at radius 2 is 2.15 bits per heavy atom. The molecule has 2 amide bonds. The first kappa shape index (κ1) is 19.7. The summed E-state index contributed by atoms with van der Waals surface area (Å²) in [5, 5.41) is 3.08. The summed E-state index contributed by atoms with van der Waals surface area (Å²) in [5.41, 5.74) is 1.80. The first-order valence-electron chi connectivity index (χ1n) is 9.55. The lowest BCUT2D eigenvalue weighted by Crippen LogP contribution is -2.45. The van der Waals surface area contributed by atoms with Crippen LogP contribution >= 0.6 is 11.8 Å². The molecule has 3 rings (SSSR count). The normalized spacial score (nSPS) is 16.9. The Kier molecular flexibility index (Phi) is 7.54. The molecule has 0 saturated carbocycles. The highest BCUT2D eigenvalue weighted by atomic mass is 32.2. The van der Waals surface area contributed by atoms with Crippen molar-refractivity contribution in [2.24, 2.45) is 0 Å². The van der Waals surface area contributed by atoms with Gasteiger partial charge in [0.15, 0.2) is 0 Å². The van der Waals surface area contributed by atoms with E-state index >= 15 is 0 Å². The van der Waals surface area contributed by atoms with Crippen LogP contribution in [-0.4, -0.2) is 40.9 Å². The second-order valence-electron chi connectivity index (χ2n) is 6.62. The minimum absolute atomic E-state index is 0.0503. The highest BCUT2D eigenvalue weighted by molar-refractivity contribution is 7.99. The zero-order valence-corrected chi connectivity index (χ0v) is 16.6. The van der Waals surface area contributed by atoms with Gasteiger partial charge in [0.05, 0.1) is 24.1 Å². The van der Waals surface area contributed by atoms with Crippen molar-refractivity contribution >= 4 is 23.5 Å². The molecule has 1 N–H and O–H groups in total. The van der Waals surface area contributed by atoms with Gasteiger partial charge in [-0.2, -0.15) is 0 Å². The highest BCUT2D eigenvalue weighted by Gasteiger charge is 2.24. The average molecular weight is 386 g/mol. The SMILES string of the molecule is CCCSc1ccccc1NC(=O)N1CCC[C@H](OCc2ccccn2)C1. The summed E-state index contributed by atoms with van der Waals surface area (Å²) in [6.45, 7) is 4.02. The quantitative estimate of drug-likeness (QED) is 0.696. The summed E-state index contributed by atoms with van der Waals surface area (Å²) >= 11 is 1.78. The third kappa shape index (κ3) is 5.97. The number of nitrogens with zero attached hydrogens (tertiary/aromatic N) is 2. The molecule has 1 aliphatic heterocycles. The molecule has 1 aromatic carbocycles. The fourth-order valence-electron chi connectivity index (χ4n) is 3.05. The Bertz CT molecular complexity index is 726. The van der Waals surface area contributed by atoms with Gasteiger partial charge < -0.3 is 15.0 Å². The maximum absolute atomic E-state index is 12.8. The largest absolute Gasteiger partial charge is 0.370 e. The molecule has 2 heterocycles. The van der Waals surface area contributed by atoms with Gasteiger partial charge in [0.2, 0.25) is 0 Å². The number of thioether (sulfide) groups is 1. The van der Waals surface area contributed by atoms with Crippen molar-refractivity contribution < 1.29 is 9.53 Å². The maximum atomic E-state index is 12.8. The summed E-state index contributed by atoms with van der Waals surface area (Å²) in [4.78, 5) is 20.0. The van der Waals surface area contributed by atoms with Crippen molar-refractivity contribution in [3.05, 3.63) is 54.4 Å². The molecule has 6 heteroatoms. The molecule has 1 fully saturated rings. The molecule has 0 radical (unpaired) electrons. The molecule has 5 nitrogen and oxygen atoms in total. The van der Waals surface area contributed by atoms with E-state index in [0.29, 0.717) is 13.2 Å². The Labute approximate surface area is 165 Å². The number of hydrogen-bond acceptors (Lipinski definition) is 4. The van der Waals surface area contributed by atoms with E-state index in [1.54, 1.807) is 18.0 Å². The molecule has 144 valence electrons. The molecular weight excluding hydrogens is 358 g/mol. The van der Waals surface area contributed by atoms with E-state index in [0.717, 1.165) is 47.8 Å². The van der Waals surface area contributed by atoms with E-state index in [1.807, 2.05) is 41.3 Å². The fraction of sp³-hybridized carbons (Fsp3) is 0.429. The minimum Gasteiger partial charge on any atom is -0.370 e. The van der Waals surface area contributed by atoms with E-state index in [2.05, 4.69) is 23.3 Å². The molecule has 2 aromatic rings. The fourth-order valence-corrected chi connectivity index (χ4v) is 3.92. The van der Waals surface area contributed by atoms with Crippen LogP contribution in [0.4, 0.5) is 10.5 Å². The molecule has 1 atom stereocenters. The van der Waals surface area contributed by atoms with E-state index in [9.17, 15) is 4.79 Å². The molecule has 27 heavy (non-hydrogen) atoms. The van der Waals surface area contributed by atoms with Crippen LogP contribution < -0.4 is 5.32 Å². The van der Waals surface area contributed by atoms with Crippen LogP contribution in [0.15, 0.2) is 53.6 Å². The van der Waals surface area contributed by atoms with Gasteiger partial charge in [-0.25, -0.2) is 4.79 Å². The lowest BCUT2D eigenvalue weighted by atomic mass is 10.1. The molecule has 0 spiro atoms. The standard InChI is InChI=1S/C21H27N3O2S/c1-2-14-27-20-11-4-3-10-19(20)23-21(25)24-13-7-9-18(15-24)26-16-17-8-5-6-12-22-17/h3-6,8,10-12,18H,2,7,9,13-16H2,1H3,(H,23,25)/t18-/m0/s1. The number of urea groups is 1. The number of nitrogens with one attached hydrogen (secondary N) is 1. The van der Waals surface area contributed by atoms with Gasteiger partial charge in [-0.3, -0.25) is 4.98 Å². The second-order valence-corrected chi connectivity index (χ2v) is 7.75.